The summed E-state index contributed by atoms with van der Waals surface area (Å²) in [6.07, 6.45) is 0.461. The van der Waals surface area contributed by atoms with E-state index in [1.165, 1.54) is 36.4 Å². The van der Waals surface area contributed by atoms with Gasteiger partial charge in [0.1, 0.15) is 22.6 Å². The van der Waals surface area contributed by atoms with Gasteiger partial charge in [-0.25, -0.2) is 17.2 Å². The van der Waals surface area contributed by atoms with Gasteiger partial charge >= 0.3 is 0 Å². The first-order valence-electron chi connectivity index (χ1n) is 6.61. The van der Waals surface area contributed by atoms with Gasteiger partial charge in [-0.15, -0.1) is 4.13 Å². The van der Waals surface area contributed by atoms with Crippen molar-refractivity contribution in [1.82, 2.24) is 4.13 Å². The molecule has 0 aliphatic heterocycles. The number of aryl methyl sites for hydroxylation is 1. The molecule has 2 unspecified atom stereocenters. The maximum absolute atomic E-state index is 12.8. The maximum atomic E-state index is 12.8. The highest BCUT2D eigenvalue weighted by Gasteiger charge is 2.04. The molecule has 7 heteroatoms. The molecule has 0 heterocycles. The fourth-order valence-corrected chi connectivity index (χ4v) is 3.45. The molecule has 2 rings (SSSR count). The SMILES string of the molecule is O=S(C#Cc1ccc(F)cc1)NS(=O)CCc1ccc(F)cc1. The molecule has 0 fully saturated rings. The van der Waals surface area contributed by atoms with Gasteiger partial charge in [-0.2, -0.15) is 0 Å². The molecule has 120 valence electrons. The average molecular weight is 353 g/mol. The third kappa shape index (κ3) is 6.40. The van der Waals surface area contributed by atoms with Crippen molar-refractivity contribution in [3.8, 4) is 11.2 Å². The van der Waals surface area contributed by atoms with Crippen LogP contribution in [0, 0.1) is 22.8 Å². The van der Waals surface area contributed by atoms with Crippen molar-refractivity contribution in [2.45, 2.75) is 6.42 Å². The van der Waals surface area contributed by atoms with E-state index in [0.29, 0.717) is 12.0 Å². The number of hydrogen-bond donors (Lipinski definition) is 1. The normalized spacial score (nSPS) is 13.0. The van der Waals surface area contributed by atoms with E-state index in [-0.39, 0.29) is 17.4 Å². The third-order valence-electron chi connectivity index (χ3n) is 2.79. The summed E-state index contributed by atoms with van der Waals surface area (Å²) in [6, 6.07) is 11.3. The van der Waals surface area contributed by atoms with E-state index >= 15 is 0 Å². The Morgan fingerprint density at radius 2 is 1.48 bits per heavy atom. The predicted octanol–water partition coefficient (Wildman–Crippen LogP) is 2.43. The Labute approximate surface area is 138 Å². The van der Waals surface area contributed by atoms with Crippen molar-refractivity contribution in [1.29, 1.82) is 0 Å². The standard InChI is InChI=1S/C16H13F2NO2S2/c17-15-5-1-13(2-6-15)9-11-22(20)19-23(21)12-10-14-3-7-16(18)8-4-14/h1-8,19H,9,11H2. The molecule has 0 aliphatic carbocycles. The van der Waals surface area contributed by atoms with Crippen molar-refractivity contribution in [2.24, 2.45) is 0 Å². The Morgan fingerprint density at radius 1 is 0.913 bits per heavy atom. The second-order valence-electron chi connectivity index (χ2n) is 4.51. The zero-order chi connectivity index (χ0) is 16.7. The Balaban J connectivity index is 1.82. The van der Waals surface area contributed by atoms with Gasteiger partial charge in [-0.3, -0.25) is 0 Å². The highest BCUT2D eigenvalue weighted by molar-refractivity contribution is 8.00. The maximum Gasteiger partial charge on any atom is 0.183 e. The van der Waals surface area contributed by atoms with Crippen LogP contribution in [0.5, 0.6) is 0 Å². The minimum absolute atomic E-state index is 0.232. The molecule has 0 amide bonds. The number of hydrogen-bond acceptors (Lipinski definition) is 2. The predicted molar refractivity (Wildman–Crippen MR) is 87.7 cm³/mol. The van der Waals surface area contributed by atoms with Gasteiger partial charge in [0.2, 0.25) is 0 Å². The second-order valence-corrected chi connectivity index (χ2v) is 7.02. The molecular formula is C16H13F2NO2S2. The first kappa shape index (κ1) is 17.5. The highest BCUT2D eigenvalue weighted by Crippen LogP contribution is 2.04. The van der Waals surface area contributed by atoms with E-state index in [9.17, 15) is 17.2 Å². The molecule has 0 saturated carbocycles. The van der Waals surface area contributed by atoms with Crippen LogP contribution in [0.3, 0.4) is 0 Å². The van der Waals surface area contributed by atoms with E-state index in [1.54, 1.807) is 12.1 Å². The smallest absolute Gasteiger partial charge is 0.183 e. The molecule has 0 bridgehead atoms. The van der Waals surface area contributed by atoms with E-state index < -0.39 is 22.0 Å². The average Bonchev–Trinajstić information content (AvgIpc) is 2.54. The van der Waals surface area contributed by atoms with Crippen LogP contribution in [-0.2, 0) is 28.4 Å². The minimum atomic E-state index is -1.78. The highest BCUT2D eigenvalue weighted by atomic mass is 32.3. The largest absolute Gasteiger partial charge is 0.242 e. The number of rotatable bonds is 5. The number of benzene rings is 2. The summed E-state index contributed by atoms with van der Waals surface area (Å²) >= 11 is 0. The topological polar surface area (TPSA) is 46.2 Å². The van der Waals surface area contributed by atoms with Crippen LogP contribution in [0.15, 0.2) is 48.5 Å². The van der Waals surface area contributed by atoms with Crippen LogP contribution >= 0.6 is 0 Å². The zero-order valence-corrected chi connectivity index (χ0v) is 13.6. The van der Waals surface area contributed by atoms with Gasteiger partial charge in [0.25, 0.3) is 0 Å². The summed E-state index contributed by atoms with van der Waals surface area (Å²) < 4.78 is 51.3. The number of halogens is 2. The second kappa shape index (κ2) is 8.67. The molecule has 0 spiro atoms. The summed E-state index contributed by atoms with van der Waals surface area (Å²) in [6.45, 7) is 0. The lowest BCUT2D eigenvalue weighted by Crippen LogP contribution is -2.22. The molecule has 0 radical (unpaired) electrons. The van der Waals surface area contributed by atoms with E-state index in [2.05, 4.69) is 15.3 Å². The van der Waals surface area contributed by atoms with Crippen LogP contribution < -0.4 is 4.13 Å². The van der Waals surface area contributed by atoms with Gasteiger partial charge in [-0.05, 0) is 48.4 Å². The van der Waals surface area contributed by atoms with Crippen LogP contribution in [0.4, 0.5) is 8.78 Å². The zero-order valence-electron chi connectivity index (χ0n) is 11.9. The quantitative estimate of drug-likeness (QED) is 0.840. The molecule has 3 nitrogen and oxygen atoms in total. The molecular weight excluding hydrogens is 340 g/mol. The molecule has 1 N–H and O–H groups in total. The Bertz CT molecular complexity index is 765. The lowest BCUT2D eigenvalue weighted by atomic mass is 10.2. The number of nitrogens with one attached hydrogen (secondary N) is 1. The molecule has 2 aromatic rings. The lowest BCUT2D eigenvalue weighted by Gasteiger charge is -2.01. The van der Waals surface area contributed by atoms with E-state index in [1.807, 2.05) is 0 Å². The fraction of sp³-hybridized carbons (Fsp3) is 0.125. The minimum Gasteiger partial charge on any atom is -0.242 e. The molecule has 0 aliphatic rings. The van der Waals surface area contributed by atoms with E-state index in [4.69, 9.17) is 0 Å². The first-order valence-corrected chi connectivity index (χ1v) is 9.08. The first-order chi connectivity index (χ1) is 11.0. The van der Waals surface area contributed by atoms with Gasteiger partial charge in [0.05, 0.1) is 0 Å². The monoisotopic (exact) mass is 353 g/mol. The fourth-order valence-electron chi connectivity index (χ4n) is 1.65. The summed E-state index contributed by atoms with van der Waals surface area (Å²) in [5.74, 6) is 2.13. The molecule has 23 heavy (non-hydrogen) atoms. The molecule has 2 atom stereocenters. The Morgan fingerprint density at radius 3 is 2.09 bits per heavy atom. The van der Waals surface area contributed by atoms with E-state index in [0.717, 1.165) is 5.56 Å². The van der Waals surface area contributed by atoms with Gasteiger partial charge in [-0.1, -0.05) is 18.1 Å². The molecule has 0 aromatic heterocycles. The van der Waals surface area contributed by atoms with Crippen molar-refractivity contribution in [3.63, 3.8) is 0 Å². The van der Waals surface area contributed by atoms with Gasteiger partial charge in [0, 0.05) is 16.6 Å². The van der Waals surface area contributed by atoms with Crippen LogP contribution in [-0.4, -0.2) is 14.2 Å². The van der Waals surface area contributed by atoms with Crippen LogP contribution in [0.1, 0.15) is 11.1 Å². The molecule has 2 aromatic carbocycles. The lowest BCUT2D eigenvalue weighted by molar-refractivity contribution is 0.627. The summed E-state index contributed by atoms with van der Waals surface area (Å²) in [5, 5.41) is 2.40. The van der Waals surface area contributed by atoms with Crippen molar-refractivity contribution in [3.05, 3.63) is 71.3 Å². The van der Waals surface area contributed by atoms with Crippen molar-refractivity contribution < 1.29 is 17.2 Å². The summed E-state index contributed by atoms with van der Waals surface area (Å²) in [5.41, 5.74) is 1.35. The Hall–Kier alpha value is -1.88. The Kier molecular flexibility index (Phi) is 6.59. The van der Waals surface area contributed by atoms with Gasteiger partial charge in [0.15, 0.2) is 11.0 Å². The van der Waals surface area contributed by atoms with Crippen LogP contribution in [0.2, 0.25) is 0 Å². The van der Waals surface area contributed by atoms with Gasteiger partial charge < -0.3 is 0 Å². The summed E-state index contributed by atoms with van der Waals surface area (Å²) in [4.78, 5) is 0. The third-order valence-corrected chi connectivity index (χ3v) is 5.00. The van der Waals surface area contributed by atoms with Crippen LogP contribution in [0.25, 0.3) is 0 Å². The summed E-state index contributed by atoms with van der Waals surface area (Å²) in [7, 11) is -3.31. The van der Waals surface area contributed by atoms with Crippen molar-refractivity contribution in [2.75, 3.05) is 5.75 Å². The molecule has 0 saturated heterocycles. The van der Waals surface area contributed by atoms with Crippen molar-refractivity contribution >= 4 is 22.0 Å².